The predicted molar refractivity (Wildman–Crippen MR) is 105 cm³/mol. The molecule has 2 heterocycles. The average molecular weight is 358 g/mol. The number of hydrogen-bond donors (Lipinski definition) is 1. The van der Waals surface area contributed by atoms with Gasteiger partial charge in [0.1, 0.15) is 5.04 Å². The normalized spacial score (nSPS) is 13.8. The molecule has 1 aliphatic rings. The molecule has 1 amide bonds. The SMILES string of the molecule is CC(C)c1ccc(NC(=O)CSC2=NN=C(c3ccsc3)C2)cc1. The van der Waals surface area contributed by atoms with Crippen LogP contribution in [-0.2, 0) is 4.79 Å². The second-order valence-corrected chi connectivity index (χ2v) is 7.67. The van der Waals surface area contributed by atoms with E-state index >= 15 is 0 Å². The van der Waals surface area contributed by atoms with E-state index in [1.54, 1.807) is 11.3 Å². The Morgan fingerprint density at radius 1 is 1.25 bits per heavy atom. The fraction of sp³-hybridized carbons (Fsp3) is 0.278. The number of rotatable bonds is 5. The highest BCUT2D eigenvalue weighted by atomic mass is 32.2. The summed E-state index contributed by atoms with van der Waals surface area (Å²) in [6, 6.07) is 10.0. The Kier molecular flexibility index (Phi) is 5.48. The molecule has 1 aromatic carbocycles. The van der Waals surface area contributed by atoms with Gasteiger partial charge in [0.2, 0.25) is 5.91 Å². The summed E-state index contributed by atoms with van der Waals surface area (Å²) in [6.45, 7) is 4.30. The van der Waals surface area contributed by atoms with E-state index in [0.29, 0.717) is 18.1 Å². The molecule has 24 heavy (non-hydrogen) atoms. The minimum atomic E-state index is -0.0241. The summed E-state index contributed by atoms with van der Waals surface area (Å²) >= 11 is 3.09. The fourth-order valence-electron chi connectivity index (χ4n) is 2.30. The first kappa shape index (κ1) is 16.9. The number of benzene rings is 1. The van der Waals surface area contributed by atoms with Crippen molar-refractivity contribution < 1.29 is 4.79 Å². The molecule has 0 unspecified atom stereocenters. The first-order valence-corrected chi connectivity index (χ1v) is 9.73. The van der Waals surface area contributed by atoms with Gasteiger partial charge >= 0.3 is 0 Å². The highest BCUT2D eigenvalue weighted by Gasteiger charge is 2.16. The summed E-state index contributed by atoms with van der Waals surface area (Å²) in [6.07, 6.45) is 0.706. The second kappa shape index (κ2) is 7.77. The molecule has 2 aromatic rings. The number of nitrogens with one attached hydrogen (secondary N) is 1. The van der Waals surface area contributed by atoms with Crippen LogP contribution in [0, 0.1) is 0 Å². The molecule has 0 spiro atoms. The summed E-state index contributed by atoms with van der Waals surface area (Å²) in [5, 5.41) is 16.3. The van der Waals surface area contributed by atoms with Gasteiger partial charge in [0.25, 0.3) is 0 Å². The highest BCUT2D eigenvalue weighted by Crippen LogP contribution is 2.21. The molecule has 1 aliphatic heterocycles. The van der Waals surface area contributed by atoms with Crippen LogP contribution in [0.5, 0.6) is 0 Å². The van der Waals surface area contributed by atoms with Gasteiger partial charge < -0.3 is 5.32 Å². The Bertz CT molecular complexity index is 762. The maximum atomic E-state index is 12.1. The number of nitrogens with zero attached hydrogens (tertiary/aromatic N) is 2. The topological polar surface area (TPSA) is 53.8 Å². The number of anilines is 1. The molecular formula is C18H19N3OS2. The second-order valence-electron chi connectivity index (χ2n) is 5.84. The zero-order chi connectivity index (χ0) is 16.9. The van der Waals surface area contributed by atoms with E-state index in [0.717, 1.165) is 22.0 Å². The van der Waals surface area contributed by atoms with Crippen LogP contribution in [0.3, 0.4) is 0 Å². The quantitative estimate of drug-likeness (QED) is 0.839. The van der Waals surface area contributed by atoms with Gasteiger partial charge in [-0.15, -0.1) is 5.10 Å². The molecule has 6 heteroatoms. The van der Waals surface area contributed by atoms with E-state index in [9.17, 15) is 4.79 Å². The number of hydrogen-bond acceptors (Lipinski definition) is 5. The van der Waals surface area contributed by atoms with Crippen molar-refractivity contribution in [1.29, 1.82) is 0 Å². The summed E-state index contributed by atoms with van der Waals surface area (Å²) < 4.78 is 0. The molecule has 0 fully saturated rings. The Balaban J connectivity index is 1.45. The minimum Gasteiger partial charge on any atom is -0.325 e. The lowest BCUT2D eigenvalue weighted by atomic mass is 10.0. The molecular weight excluding hydrogens is 338 g/mol. The Morgan fingerprint density at radius 2 is 2.04 bits per heavy atom. The van der Waals surface area contributed by atoms with E-state index in [1.165, 1.54) is 17.3 Å². The van der Waals surface area contributed by atoms with Crippen LogP contribution in [0.25, 0.3) is 0 Å². The molecule has 4 nitrogen and oxygen atoms in total. The lowest BCUT2D eigenvalue weighted by Gasteiger charge is -2.08. The van der Waals surface area contributed by atoms with Crippen LogP contribution in [0.1, 0.15) is 37.3 Å². The third-order valence-corrected chi connectivity index (χ3v) is 5.34. The van der Waals surface area contributed by atoms with Crippen molar-refractivity contribution in [3.8, 4) is 0 Å². The fourth-order valence-corrected chi connectivity index (χ4v) is 3.67. The number of amides is 1. The molecule has 0 aliphatic carbocycles. The van der Waals surface area contributed by atoms with E-state index in [4.69, 9.17) is 0 Å². The lowest BCUT2D eigenvalue weighted by molar-refractivity contribution is -0.113. The van der Waals surface area contributed by atoms with Crippen molar-refractivity contribution in [3.63, 3.8) is 0 Å². The molecule has 1 N–H and O–H groups in total. The highest BCUT2D eigenvalue weighted by molar-refractivity contribution is 8.14. The first-order chi connectivity index (χ1) is 11.6. The minimum absolute atomic E-state index is 0.0241. The van der Waals surface area contributed by atoms with Gasteiger partial charge in [-0.1, -0.05) is 37.7 Å². The van der Waals surface area contributed by atoms with Crippen molar-refractivity contribution in [1.82, 2.24) is 0 Å². The number of thioether (sulfide) groups is 1. The summed E-state index contributed by atoms with van der Waals surface area (Å²) in [5.41, 5.74) is 4.19. The largest absolute Gasteiger partial charge is 0.325 e. The first-order valence-electron chi connectivity index (χ1n) is 7.80. The van der Waals surface area contributed by atoms with E-state index < -0.39 is 0 Å². The Labute approximate surface area is 150 Å². The Hall–Kier alpha value is -1.92. The van der Waals surface area contributed by atoms with Crippen molar-refractivity contribution >= 4 is 45.4 Å². The van der Waals surface area contributed by atoms with Crippen LogP contribution >= 0.6 is 23.1 Å². The number of thiophene rings is 1. The smallest absolute Gasteiger partial charge is 0.234 e. The molecule has 0 saturated heterocycles. The zero-order valence-corrected chi connectivity index (χ0v) is 15.3. The average Bonchev–Trinajstić information content (AvgIpc) is 3.25. The monoisotopic (exact) mass is 357 g/mol. The van der Waals surface area contributed by atoms with Crippen molar-refractivity contribution in [2.24, 2.45) is 10.2 Å². The van der Waals surface area contributed by atoms with Crippen LogP contribution in [0.4, 0.5) is 5.69 Å². The summed E-state index contributed by atoms with van der Waals surface area (Å²) in [5.74, 6) is 0.809. The maximum Gasteiger partial charge on any atom is 0.234 e. The molecule has 0 saturated carbocycles. The third kappa shape index (κ3) is 4.33. The number of carbonyl (C=O) groups excluding carboxylic acids is 1. The zero-order valence-electron chi connectivity index (χ0n) is 13.7. The molecule has 124 valence electrons. The lowest BCUT2D eigenvalue weighted by Crippen LogP contribution is -2.15. The molecule has 0 bridgehead atoms. The van der Waals surface area contributed by atoms with Gasteiger partial charge in [0.05, 0.1) is 11.5 Å². The molecule has 3 rings (SSSR count). The van der Waals surface area contributed by atoms with Gasteiger partial charge in [-0.2, -0.15) is 16.4 Å². The van der Waals surface area contributed by atoms with Crippen LogP contribution in [-0.4, -0.2) is 22.4 Å². The van der Waals surface area contributed by atoms with E-state index in [2.05, 4.69) is 46.9 Å². The Morgan fingerprint density at radius 3 is 2.71 bits per heavy atom. The number of carbonyl (C=O) groups is 1. The van der Waals surface area contributed by atoms with Gasteiger partial charge in [-0.3, -0.25) is 4.79 Å². The van der Waals surface area contributed by atoms with Crippen LogP contribution < -0.4 is 5.32 Å². The third-order valence-electron chi connectivity index (χ3n) is 3.69. The van der Waals surface area contributed by atoms with Gasteiger partial charge in [-0.05, 0) is 40.4 Å². The van der Waals surface area contributed by atoms with Gasteiger partial charge in [-0.25, -0.2) is 0 Å². The summed E-state index contributed by atoms with van der Waals surface area (Å²) in [4.78, 5) is 12.1. The van der Waals surface area contributed by atoms with Gasteiger partial charge in [0, 0.05) is 17.7 Å². The standard InChI is InChI=1S/C18H19N3OS2/c1-12(2)13-3-5-15(6-4-13)19-17(22)11-24-18-9-16(20-21-18)14-7-8-23-10-14/h3-8,10,12H,9,11H2,1-2H3,(H,19,22). The molecule has 1 aromatic heterocycles. The summed E-state index contributed by atoms with van der Waals surface area (Å²) in [7, 11) is 0. The van der Waals surface area contributed by atoms with E-state index in [1.807, 2.05) is 23.6 Å². The predicted octanol–water partition coefficient (Wildman–Crippen LogP) is 4.75. The van der Waals surface area contributed by atoms with Crippen molar-refractivity contribution in [3.05, 3.63) is 52.2 Å². The molecule has 0 atom stereocenters. The van der Waals surface area contributed by atoms with Gasteiger partial charge in [0.15, 0.2) is 0 Å². The van der Waals surface area contributed by atoms with Crippen molar-refractivity contribution in [2.75, 3.05) is 11.1 Å². The van der Waals surface area contributed by atoms with Crippen LogP contribution in [0.2, 0.25) is 0 Å². The van der Waals surface area contributed by atoms with E-state index in [-0.39, 0.29) is 5.91 Å². The maximum absolute atomic E-state index is 12.1. The van der Waals surface area contributed by atoms with Crippen molar-refractivity contribution in [2.45, 2.75) is 26.2 Å². The molecule has 0 radical (unpaired) electrons. The van der Waals surface area contributed by atoms with Crippen LogP contribution in [0.15, 0.2) is 51.3 Å².